The Hall–Kier alpha value is -3.32. The van der Waals surface area contributed by atoms with E-state index in [0.717, 1.165) is 4.90 Å². The van der Waals surface area contributed by atoms with Crippen molar-refractivity contribution < 1.29 is 23.9 Å². The molecule has 3 rings (SSSR count). The highest BCUT2D eigenvalue weighted by molar-refractivity contribution is 6.55. The van der Waals surface area contributed by atoms with Crippen LogP contribution in [0.25, 0.3) is 5.57 Å². The van der Waals surface area contributed by atoms with Crippen LogP contribution in [0.5, 0.6) is 11.5 Å². The predicted octanol–water partition coefficient (Wildman–Crippen LogP) is 3.18. The number of benzene rings is 2. The van der Waals surface area contributed by atoms with Crippen LogP contribution in [0.4, 0.5) is 5.69 Å². The molecule has 7 nitrogen and oxygen atoms in total. The molecule has 1 aliphatic rings. The Labute approximate surface area is 172 Å². The van der Waals surface area contributed by atoms with E-state index in [4.69, 9.17) is 21.1 Å². The Morgan fingerprint density at radius 1 is 1.00 bits per heavy atom. The van der Waals surface area contributed by atoms with Crippen LogP contribution in [0.2, 0.25) is 0 Å². The number of hydrogen-bond acceptors (Lipinski definition) is 5. The van der Waals surface area contributed by atoms with Gasteiger partial charge >= 0.3 is 0 Å². The first kappa shape index (κ1) is 20.4. The van der Waals surface area contributed by atoms with Gasteiger partial charge in [-0.15, -0.1) is 0 Å². The average Bonchev–Trinajstić information content (AvgIpc) is 2.91. The topological polar surface area (TPSA) is 84.9 Å². The molecular weight excluding hydrogens is 396 g/mol. The Morgan fingerprint density at radius 2 is 1.66 bits per heavy atom. The Bertz CT molecular complexity index is 1010. The number of nitrogens with one attached hydrogen (secondary N) is 1. The van der Waals surface area contributed by atoms with Gasteiger partial charge < -0.3 is 14.8 Å². The molecule has 2 aromatic rings. The van der Waals surface area contributed by atoms with Crippen molar-refractivity contribution in [1.82, 2.24) is 4.90 Å². The van der Waals surface area contributed by atoms with Crippen LogP contribution in [-0.2, 0) is 20.9 Å². The van der Waals surface area contributed by atoms with Gasteiger partial charge in [0.25, 0.3) is 11.8 Å². The Kier molecular flexibility index (Phi) is 5.89. The molecule has 0 aromatic heterocycles. The van der Waals surface area contributed by atoms with E-state index in [9.17, 15) is 14.4 Å². The molecule has 0 fully saturated rings. The lowest BCUT2D eigenvalue weighted by molar-refractivity contribution is -0.137. The number of methoxy groups -OCH3 is 2. The molecule has 1 heterocycles. The highest BCUT2D eigenvalue weighted by Gasteiger charge is 2.38. The van der Waals surface area contributed by atoms with E-state index in [-0.39, 0.29) is 23.1 Å². The van der Waals surface area contributed by atoms with Crippen LogP contribution in [0.15, 0.2) is 47.5 Å². The Balaban J connectivity index is 1.84. The van der Waals surface area contributed by atoms with Crippen molar-refractivity contribution in [1.29, 1.82) is 0 Å². The minimum Gasteiger partial charge on any atom is -0.493 e. The molecule has 0 aliphatic carbocycles. The van der Waals surface area contributed by atoms with Gasteiger partial charge in [0.2, 0.25) is 5.91 Å². The molecule has 3 amide bonds. The van der Waals surface area contributed by atoms with Gasteiger partial charge in [-0.2, -0.15) is 0 Å². The minimum atomic E-state index is -0.563. The van der Waals surface area contributed by atoms with E-state index in [1.165, 1.54) is 21.1 Å². The molecule has 29 heavy (non-hydrogen) atoms. The molecule has 0 saturated carbocycles. The summed E-state index contributed by atoms with van der Waals surface area (Å²) in [5, 5.41) is 2.51. The van der Waals surface area contributed by atoms with Gasteiger partial charge in [-0.1, -0.05) is 29.8 Å². The maximum Gasteiger partial charge on any atom is 0.273 e. The van der Waals surface area contributed by atoms with Crippen molar-refractivity contribution in [2.45, 2.75) is 13.5 Å². The number of anilines is 1. The first-order chi connectivity index (χ1) is 13.8. The van der Waals surface area contributed by atoms with Crippen LogP contribution in [0.1, 0.15) is 18.1 Å². The molecule has 8 heteroatoms. The van der Waals surface area contributed by atoms with Crippen molar-refractivity contribution in [2.75, 3.05) is 19.5 Å². The lowest BCUT2D eigenvalue weighted by atomic mass is 10.1. The summed E-state index contributed by atoms with van der Waals surface area (Å²) in [6.45, 7) is 1.44. The van der Waals surface area contributed by atoms with E-state index in [1.54, 1.807) is 42.5 Å². The third-order valence-corrected chi connectivity index (χ3v) is 4.74. The molecule has 0 radical (unpaired) electrons. The number of imide groups is 1. The zero-order valence-electron chi connectivity index (χ0n) is 16.1. The van der Waals surface area contributed by atoms with E-state index in [0.29, 0.717) is 28.3 Å². The largest absolute Gasteiger partial charge is 0.493 e. The molecule has 0 unspecified atom stereocenters. The Morgan fingerprint density at radius 3 is 2.24 bits per heavy atom. The summed E-state index contributed by atoms with van der Waals surface area (Å²) in [5.41, 5.74) is 1.90. The van der Waals surface area contributed by atoms with E-state index in [2.05, 4.69) is 5.32 Å². The number of rotatable bonds is 6. The van der Waals surface area contributed by atoms with Gasteiger partial charge in [-0.25, -0.2) is 0 Å². The van der Waals surface area contributed by atoms with Crippen LogP contribution >= 0.6 is 11.6 Å². The summed E-state index contributed by atoms with van der Waals surface area (Å²) >= 11 is 6.20. The second-order valence-corrected chi connectivity index (χ2v) is 6.71. The fourth-order valence-electron chi connectivity index (χ4n) is 3.03. The van der Waals surface area contributed by atoms with Crippen LogP contribution < -0.4 is 14.8 Å². The minimum absolute atomic E-state index is 0.0434. The summed E-state index contributed by atoms with van der Waals surface area (Å²) < 4.78 is 10.5. The summed E-state index contributed by atoms with van der Waals surface area (Å²) in [6.07, 6.45) is 0. The van der Waals surface area contributed by atoms with Gasteiger partial charge in [-0.3, -0.25) is 19.3 Å². The average molecular weight is 415 g/mol. The smallest absolute Gasteiger partial charge is 0.273 e. The number of halogens is 1. The monoisotopic (exact) mass is 414 g/mol. The SMILES string of the molecule is COc1ccc(CN2C(=O)C(Cl)=C(c3ccc(NC(C)=O)cc3)C2=O)cc1OC. The summed E-state index contributed by atoms with van der Waals surface area (Å²) in [7, 11) is 3.03. The third kappa shape index (κ3) is 4.09. The van der Waals surface area contributed by atoms with Crippen LogP contribution in [-0.4, -0.2) is 36.8 Å². The highest BCUT2D eigenvalue weighted by Crippen LogP contribution is 2.34. The first-order valence-corrected chi connectivity index (χ1v) is 9.08. The van der Waals surface area contributed by atoms with Crippen LogP contribution in [0.3, 0.4) is 0 Å². The van der Waals surface area contributed by atoms with E-state index in [1.807, 2.05) is 0 Å². The molecule has 1 N–H and O–H groups in total. The molecule has 150 valence electrons. The molecule has 0 bridgehead atoms. The van der Waals surface area contributed by atoms with Crippen molar-refractivity contribution in [3.63, 3.8) is 0 Å². The summed E-state index contributed by atoms with van der Waals surface area (Å²) in [5.74, 6) is -0.207. The molecule has 0 spiro atoms. The standard InChI is InChI=1S/C21H19ClN2O5/c1-12(25)23-15-7-5-14(6-8-15)18-19(22)21(27)24(20(18)26)11-13-4-9-16(28-2)17(10-13)29-3/h4-10H,11H2,1-3H3,(H,23,25). The zero-order valence-corrected chi connectivity index (χ0v) is 16.9. The molecule has 2 aromatic carbocycles. The van der Waals surface area contributed by atoms with Crippen LogP contribution in [0, 0.1) is 0 Å². The molecule has 1 aliphatic heterocycles. The zero-order chi connectivity index (χ0) is 21.1. The number of amides is 3. The lowest BCUT2D eigenvalue weighted by Gasteiger charge is -2.16. The van der Waals surface area contributed by atoms with Gasteiger partial charge in [-0.05, 0) is 35.4 Å². The van der Waals surface area contributed by atoms with E-state index < -0.39 is 11.8 Å². The predicted molar refractivity (Wildman–Crippen MR) is 109 cm³/mol. The van der Waals surface area contributed by atoms with Gasteiger partial charge in [0.05, 0.1) is 26.3 Å². The molecule has 0 saturated heterocycles. The van der Waals surface area contributed by atoms with Gasteiger partial charge in [0.1, 0.15) is 5.03 Å². The van der Waals surface area contributed by atoms with Gasteiger partial charge in [0.15, 0.2) is 11.5 Å². The molecule has 0 atom stereocenters. The fraction of sp³-hybridized carbons (Fsp3) is 0.190. The number of ether oxygens (including phenoxy) is 2. The maximum absolute atomic E-state index is 12.9. The quantitative estimate of drug-likeness (QED) is 0.734. The van der Waals surface area contributed by atoms with Crippen molar-refractivity contribution in [2.24, 2.45) is 0 Å². The second kappa shape index (κ2) is 8.36. The summed E-state index contributed by atoms with van der Waals surface area (Å²) in [6, 6.07) is 11.7. The van der Waals surface area contributed by atoms with Crippen molar-refractivity contribution in [3.8, 4) is 11.5 Å². The van der Waals surface area contributed by atoms with Crippen molar-refractivity contribution in [3.05, 3.63) is 58.6 Å². The number of nitrogens with zero attached hydrogens (tertiary/aromatic N) is 1. The highest BCUT2D eigenvalue weighted by atomic mass is 35.5. The fourth-order valence-corrected chi connectivity index (χ4v) is 3.32. The lowest BCUT2D eigenvalue weighted by Crippen LogP contribution is -2.30. The number of carbonyl (C=O) groups excluding carboxylic acids is 3. The van der Waals surface area contributed by atoms with Gasteiger partial charge in [0, 0.05) is 12.6 Å². The number of carbonyl (C=O) groups is 3. The third-order valence-electron chi connectivity index (χ3n) is 4.39. The first-order valence-electron chi connectivity index (χ1n) is 8.70. The second-order valence-electron chi connectivity index (χ2n) is 6.33. The summed E-state index contributed by atoms with van der Waals surface area (Å²) in [4.78, 5) is 37.7. The molecular formula is C21H19ClN2O5. The number of hydrogen-bond donors (Lipinski definition) is 1. The normalized spacial score (nSPS) is 13.7. The van der Waals surface area contributed by atoms with Crippen molar-refractivity contribution >= 4 is 40.6 Å². The maximum atomic E-state index is 12.9. The van der Waals surface area contributed by atoms with E-state index >= 15 is 0 Å².